The van der Waals surface area contributed by atoms with Gasteiger partial charge in [-0.05, 0) is 37.6 Å². The van der Waals surface area contributed by atoms with Gasteiger partial charge < -0.3 is 5.73 Å². The lowest BCUT2D eigenvalue weighted by Crippen LogP contribution is -2.00. The smallest absolute Gasteiger partial charge is 0.0875 e. The average Bonchev–Trinajstić information content (AvgIpc) is 2.51. The van der Waals surface area contributed by atoms with Gasteiger partial charge in [-0.25, -0.2) is 4.68 Å². The van der Waals surface area contributed by atoms with Crippen LogP contribution in [0, 0.1) is 13.8 Å². The Balaban J connectivity index is 2.52. The molecule has 0 saturated carbocycles. The summed E-state index contributed by atoms with van der Waals surface area (Å²) in [4.78, 5) is 0. The second-order valence-electron chi connectivity index (χ2n) is 3.46. The van der Waals surface area contributed by atoms with E-state index in [-0.39, 0.29) is 0 Å². The summed E-state index contributed by atoms with van der Waals surface area (Å²) >= 11 is 0. The van der Waals surface area contributed by atoms with Gasteiger partial charge in [0.25, 0.3) is 0 Å². The van der Waals surface area contributed by atoms with Gasteiger partial charge in [-0.2, -0.15) is 5.10 Å². The molecular formula is C11H13N3. The fourth-order valence-corrected chi connectivity index (χ4v) is 1.43. The van der Waals surface area contributed by atoms with Crippen molar-refractivity contribution >= 4 is 5.69 Å². The highest BCUT2D eigenvalue weighted by Gasteiger charge is 2.02. The van der Waals surface area contributed by atoms with Crippen molar-refractivity contribution in [1.82, 2.24) is 9.78 Å². The molecule has 72 valence electrons. The molecule has 3 nitrogen and oxygen atoms in total. The second-order valence-corrected chi connectivity index (χ2v) is 3.46. The predicted molar refractivity (Wildman–Crippen MR) is 57.5 cm³/mol. The zero-order chi connectivity index (χ0) is 10.1. The number of nitrogens with two attached hydrogens (primary N) is 1. The van der Waals surface area contributed by atoms with Crippen LogP contribution >= 0.6 is 0 Å². The number of hydrogen-bond acceptors (Lipinski definition) is 2. The summed E-state index contributed by atoms with van der Waals surface area (Å²) in [6.45, 7) is 3.98. The molecule has 2 rings (SSSR count). The van der Waals surface area contributed by atoms with Crippen molar-refractivity contribution in [3.05, 3.63) is 41.7 Å². The zero-order valence-electron chi connectivity index (χ0n) is 8.36. The number of aromatic nitrogens is 2. The van der Waals surface area contributed by atoms with E-state index < -0.39 is 0 Å². The van der Waals surface area contributed by atoms with E-state index in [0.717, 1.165) is 22.6 Å². The van der Waals surface area contributed by atoms with E-state index in [0.29, 0.717) is 0 Å². The van der Waals surface area contributed by atoms with Gasteiger partial charge in [0.15, 0.2) is 0 Å². The van der Waals surface area contributed by atoms with Crippen LogP contribution in [0.1, 0.15) is 11.3 Å². The Kier molecular flexibility index (Phi) is 2.00. The van der Waals surface area contributed by atoms with E-state index in [1.165, 1.54) is 0 Å². The second kappa shape index (κ2) is 3.18. The van der Waals surface area contributed by atoms with Crippen molar-refractivity contribution in [2.45, 2.75) is 13.8 Å². The standard InChI is InChI=1S/C11H13N3/c1-8-3-4-11(10(12)7-8)14-6-5-9(2)13-14/h3-7H,12H2,1-2H3. The Bertz CT molecular complexity index is 457. The Morgan fingerprint density at radius 2 is 2.00 bits per heavy atom. The molecule has 0 bridgehead atoms. The molecule has 3 heteroatoms. The number of aryl methyl sites for hydroxylation is 2. The van der Waals surface area contributed by atoms with E-state index in [9.17, 15) is 0 Å². The van der Waals surface area contributed by atoms with E-state index in [2.05, 4.69) is 5.10 Å². The van der Waals surface area contributed by atoms with E-state index in [4.69, 9.17) is 5.73 Å². The molecule has 2 N–H and O–H groups in total. The van der Waals surface area contributed by atoms with Gasteiger partial charge in [-0.15, -0.1) is 0 Å². The number of anilines is 1. The Morgan fingerprint density at radius 1 is 1.21 bits per heavy atom. The average molecular weight is 187 g/mol. The number of nitrogens with zero attached hydrogens (tertiary/aromatic N) is 2. The van der Waals surface area contributed by atoms with Gasteiger partial charge in [0.2, 0.25) is 0 Å². The number of benzene rings is 1. The molecule has 0 amide bonds. The monoisotopic (exact) mass is 187 g/mol. The van der Waals surface area contributed by atoms with Gasteiger partial charge in [-0.3, -0.25) is 0 Å². The van der Waals surface area contributed by atoms with Crippen LogP contribution in [0.2, 0.25) is 0 Å². The zero-order valence-corrected chi connectivity index (χ0v) is 8.36. The van der Waals surface area contributed by atoms with E-state index >= 15 is 0 Å². The first-order chi connectivity index (χ1) is 6.66. The van der Waals surface area contributed by atoms with E-state index in [1.54, 1.807) is 4.68 Å². The Hall–Kier alpha value is -1.77. The first kappa shape index (κ1) is 8.81. The summed E-state index contributed by atoms with van der Waals surface area (Å²) in [6.07, 6.45) is 1.91. The maximum absolute atomic E-state index is 5.90. The highest BCUT2D eigenvalue weighted by molar-refractivity contribution is 5.58. The molecule has 0 aliphatic rings. The van der Waals surface area contributed by atoms with Crippen LogP contribution in [0.4, 0.5) is 5.69 Å². The van der Waals surface area contributed by atoms with Crippen LogP contribution in [0.15, 0.2) is 30.5 Å². The molecule has 2 aromatic rings. The Morgan fingerprint density at radius 3 is 2.57 bits per heavy atom. The first-order valence-electron chi connectivity index (χ1n) is 4.55. The summed E-state index contributed by atoms with van der Waals surface area (Å²) in [5, 5.41) is 4.31. The minimum absolute atomic E-state index is 0.758. The molecule has 0 radical (unpaired) electrons. The van der Waals surface area contributed by atoms with Crippen molar-refractivity contribution in [2.24, 2.45) is 0 Å². The van der Waals surface area contributed by atoms with Crippen molar-refractivity contribution in [2.75, 3.05) is 5.73 Å². The van der Waals surface area contributed by atoms with Crippen LogP contribution in [-0.4, -0.2) is 9.78 Å². The minimum Gasteiger partial charge on any atom is -0.397 e. The van der Waals surface area contributed by atoms with Gasteiger partial charge >= 0.3 is 0 Å². The summed E-state index contributed by atoms with van der Waals surface area (Å²) in [5.74, 6) is 0. The molecule has 1 aromatic heterocycles. The molecule has 0 unspecified atom stereocenters. The van der Waals surface area contributed by atoms with Crippen LogP contribution in [0.25, 0.3) is 5.69 Å². The van der Waals surface area contributed by atoms with Crippen LogP contribution in [0.5, 0.6) is 0 Å². The SMILES string of the molecule is Cc1ccc(-n2ccc(C)n2)c(N)c1. The van der Waals surface area contributed by atoms with E-state index in [1.807, 2.05) is 44.3 Å². The highest BCUT2D eigenvalue weighted by atomic mass is 15.3. The molecule has 0 fully saturated rings. The van der Waals surface area contributed by atoms with Crippen molar-refractivity contribution < 1.29 is 0 Å². The highest BCUT2D eigenvalue weighted by Crippen LogP contribution is 2.17. The topological polar surface area (TPSA) is 43.8 Å². The van der Waals surface area contributed by atoms with Gasteiger partial charge in [-0.1, -0.05) is 6.07 Å². The lowest BCUT2D eigenvalue weighted by molar-refractivity contribution is 0.864. The van der Waals surface area contributed by atoms with Crippen molar-refractivity contribution in [1.29, 1.82) is 0 Å². The molecule has 0 aliphatic heterocycles. The van der Waals surface area contributed by atoms with Crippen LogP contribution in [0.3, 0.4) is 0 Å². The van der Waals surface area contributed by atoms with Crippen molar-refractivity contribution in [3.63, 3.8) is 0 Å². The molecule has 0 saturated heterocycles. The molecule has 1 heterocycles. The third-order valence-electron chi connectivity index (χ3n) is 2.15. The fraction of sp³-hybridized carbons (Fsp3) is 0.182. The third-order valence-corrected chi connectivity index (χ3v) is 2.15. The third kappa shape index (κ3) is 1.48. The van der Waals surface area contributed by atoms with Gasteiger partial charge in [0.05, 0.1) is 17.1 Å². The summed E-state index contributed by atoms with van der Waals surface area (Å²) < 4.78 is 1.80. The Labute approximate surface area is 83.2 Å². The molecule has 1 aromatic carbocycles. The largest absolute Gasteiger partial charge is 0.397 e. The quantitative estimate of drug-likeness (QED) is 0.694. The number of rotatable bonds is 1. The normalized spacial score (nSPS) is 10.4. The van der Waals surface area contributed by atoms with Crippen LogP contribution in [-0.2, 0) is 0 Å². The van der Waals surface area contributed by atoms with Gasteiger partial charge in [0, 0.05) is 6.20 Å². The lowest BCUT2D eigenvalue weighted by Gasteiger charge is -2.05. The predicted octanol–water partition coefficient (Wildman–Crippen LogP) is 2.07. The summed E-state index contributed by atoms with van der Waals surface area (Å²) in [5.41, 5.74) is 9.75. The summed E-state index contributed by atoms with van der Waals surface area (Å²) in [7, 11) is 0. The number of hydrogen-bond donors (Lipinski definition) is 1. The van der Waals surface area contributed by atoms with Crippen LogP contribution < -0.4 is 5.73 Å². The maximum atomic E-state index is 5.90. The molecule has 0 spiro atoms. The fourth-order valence-electron chi connectivity index (χ4n) is 1.43. The molecule has 14 heavy (non-hydrogen) atoms. The molecule has 0 aliphatic carbocycles. The number of nitrogen functional groups attached to an aromatic ring is 1. The first-order valence-corrected chi connectivity index (χ1v) is 4.55. The minimum atomic E-state index is 0.758. The van der Waals surface area contributed by atoms with Crippen molar-refractivity contribution in [3.8, 4) is 5.69 Å². The molecular weight excluding hydrogens is 174 g/mol. The lowest BCUT2D eigenvalue weighted by atomic mass is 10.2. The van der Waals surface area contributed by atoms with Gasteiger partial charge in [0.1, 0.15) is 0 Å². The maximum Gasteiger partial charge on any atom is 0.0875 e. The molecule has 0 atom stereocenters. The summed E-state index contributed by atoms with van der Waals surface area (Å²) in [6, 6.07) is 7.92.